The quantitative estimate of drug-likeness (QED) is 0.576. The molecular weight excluding hydrogens is 386 g/mol. The molecule has 1 amide bonds. The van der Waals surface area contributed by atoms with Crippen LogP contribution in [0, 0.1) is 6.92 Å². The van der Waals surface area contributed by atoms with E-state index in [4.69, 9.17) is 9.47 Å². The van der Waals surface area contributed by atoms with Crippen LogP contribution in [0.15, 0.2) is 34.8 Å². The summed E-state index contributed by atoms with van der Waals surface area (Å²) >= 11 is 2.71. The first-order valence-electron chi connectivity index (χ1n) is 8.05. The van der Waals surface area contributed by atoms with E-state index in [-0.39, 0.29) is 18.3 Å². The predicted molar refractivity (Wildman–Crippen MR) is 105 cm³/mol. The molecule has 0 spiro atoms. The molecule has 142 valence electrons. The Hall–Kier alpha value is -2.59. The van der Waals surface area contributed by atoms with Gasteiger partial charge in [0.1, 0.15) is 18.1 Å². The van der Waals surface area contributed by atoms with Gasteiger partial charge >= 0.3 is 0 Å². The number of aromatic nitrogens is 4. The van der Waals surface area contributed by atoms with E-state index in [1.807, 2.05) is 42.1 Å². The van der Waals surface area contributed by atoms with Crippen LogP contribution in [-0.4, -0.2) is 38.5 Å². The highest BCUT2D eigenvalue weighted by molar-refractivity contribution is 7.99. The van der Waals surface area contributed by atoms with Crippen LogP contribution in [-0.2, 0) is 18.4 Å². The van der Waals surface area contributed by atoms with Crippen molar-refractivity contribution in [3.63, 3.8) is 0 Å². The van der Waals surface area contributed by atoms with Crippen molar-refractivity contribution in [2.45, 2.75) is 18.7 Å². The van der Waals surface area contributed by atoms with Gasteiger partial charge in [-0.05, 0) is 19.1 Å². The molecule has 8 nitrogen and oxygen atoms in total. The highest BCUT2D eigenvalue weighted by Gasteiger charge is 2.13. The first-order valence-corrected chi connectivity index (χ1v) is 9.91. The third-order valence-electron chi connectivity index (χ3n) is 3.53. The zero-order valence-electron chi connectivity index (χ0n) is 15.1. The van der Waals surface area contributed by atoms with Gasteiger partial charge in [0.25, 0.3) is 0 Å². The molecule has 0 aliphatic carbocycles. The van der Waals surface area contributed by atoms with Gasteiger partial charge in [0.05, 0.1) is 18.6 Å². The minimum atomic E-state index is -0.133. The Bertz CT molecular complexity index is 925. The number of ether oxygens (including phenoxy) is 2. The first-order chi connectivity index (χ1) is 13.0. The molecule has 0 radical (unpaired) electrons. The van der Waals surface area contributed by atoms with Crippen molar-refractivity contribution in [1.29, 1.82) is 0 Å². The SMILES string of the molecule is COc1cccc(OCc2nnc(SCC(=O)Nc3nc(C)cs3)n2C)c1. The molecule has 0 unspecified atom stereocenters. The highest BCUT2D eigenvalue weighted by Crippen LogP contribution is 2.21. The van der Waals surface area contributed by atoms with Crippen LogP contribution in [0.4, 0.5) is 5.13 Å². The molecule has 0 aliphatic rings. The lowest BCUT2D eigenvalue weighted by atomic mass is 10.3. The molecule has 3 aromatic rings. The van der Waals surface area contributed by atoms with Crippen molar-refractivity contribution >= 4 is 34.1 Å². The molecule has 2 heterocycles. The summed E-state index contributed by atoms with van der Waals surface area (Å²) in [5.74, 6) is 2.16. The Morgan fingerprint density at radius 3 is 2.89 bits per heavy atom. The van der Waals surface area contributed by atoms with Gasteiger partial charge in [-0.3, -0.25) is 4.79 Å². The summed E-state index contributed by atoms with van der Waals surface area (Å²) in [6.45, 7) is 2.15. The number of hydrogen-bond acceptors (Lipinski definition) is 8. The maximum absolute atomic E-state index is 12.0. The lowest BCUT2D eigenvalue weighted by Crippen LogP contribution is -2.14. The van der Waals surface area contributed by atoms with Gasteiger partial charge in [0, 0.05) is 18.5 Å². The van der Waals surface area contributed by atoms with E-state index in [1.54, 1.807) is 13.2 Å². The third-order valence-corrected chi connectivity index (χ3v) is 5.43. The maximum atomic E-state index is 12.0. The summed E-state index contributed by atoms with van der Waals surface area (Å²) in [4.78, 5) is 16.2. The summed E-state index contributed by atoms with van der Waals surface area (Å²) in [6, 6.07) is 7.35. The van der Waals surface area contributed by atoms with Gasteiger partial charge in [-0.1, -0.05) is 17.8 Å². The highest BCUT2D eigenvalue weighted by atomic mass is 32.2. The lowest BCUT2D eigenvalue weighted by molar-refractivity contribution is -0.113. The van der Waals surface area contributed by atoms with Crippen molar-refractivity contribution in [3.8, 4) is 11.5 Å². The van der Waals surface area contributed by atoms with Crippen molar-refractivity contribution in [2.24, 2.45) is 7.05 Å². The average Bonchev–Trinajstić information content (AvgIpc) is 3.23. The summed E-state index contributed by atoms with van der Waals surface area (Å²) in [5, 5.41) is 14.2. The Kier molecular flexibility index (Phi) is 6.30. The van der Waals surface area contributed by atoms with E-state index < -0.39 is 0 Å². The van der Waals surface area contributed by atoms with Gasteiger partial charge in [0.2, 0.25) is 5.91 Å². The number of nitrogens with zero attached hydrogens (tertiary/aromatic N) is 4. The van der Waals surface area contributed by atoms with Crippen LogP contribution in [0.25, 0.3) is 0 Å². The molecule has 0 bridgehead atoms. The number of methoxy groups -OCH3 is 1. The molecule has 27 heavy (non-hydrogen) atoms. The largest absolute Gasteiger partial charge is 0.497 e. The van der Waals surface area contributed by atoms with E-state index in [2.05, 4.69) is 20.5 Å². The van der Waals surface area contributed by atoms with Crippen molar-refractivity contribution in [1.82, 2.24) is 19.7 Å². The van der Waals surface area contributed by atoms with Crippen LogP contribution in [0.2, 0.25) is 0 Å². The molecule has 10 heteroatoms. The van der Waals surface area contributed by atoms with Crippen molar-refractivity contribution < 1.29 is 14.3 Å². The summed E-state index contributed by atoms with van der Waals surface area (Å²) in [5.41, 5.74) is 0.886. The fraction of sp³-hybridized carbons (Fsp3) is 0.294. The molecule has 1 N–H and O–H groups in total. The molecular formula is C17H19N5O3S2. The summed E-state index contributed by atoms with van der Waals surface area (Å²) < 4.78 is 12.7. The Labute approximate surface area is 164 Å². The maximum Gasteiger partial charge on any atom is 0.236 e. The lowest BCUT2D eigenvalue weighted by Gasteiger charge is -2.08. The predicted octanol–water partition coefficient (Wildman–Crippen LogP) is 2.90. The molecule has 0 aliphatic heterocycles. The Morgan fingerprint density at radius 1 is 1.33 bits per heavy atom. The van der Waals surface area contributed by atoms with E-state index in [1.165, 1.54) is 23.1 Å². The first kappa shape index (κ1) is 19.2. The van der Waals surface area contributed by atoms with Gasteiger partial charge in [0.15, 0.2) is 16.1 Å². The van der Waals surface area contributed by atoms with Crippen LogP contribution in [0.1, 0.15) is 11.5 Å². The van der Waals surface area contributed by atoms with Gasteiger partial charge < -0.3 is 19.4 Å². The van der Waals surface area contributed by atoms with Crippen molar-refractivity contribution in [3.05, 3.63) is 41.2 Å². The molecule has 0 saturated heterocycles. The van der Waals surface area contributed by atoms with Gasteiger partial charge in [-0.2, -0.15) is 0 Å². The molecule has 1 aromatic carbocycles. The summed E-state index contributed by atoms with van der Waals surface area (Å²) in [7, 11) is 3.45. The van der Waals surface area contributed by atoms with Gasteiger partial charge in [-0.15, -0.1) is 21.5 Å². The van der Waals surface area contributed by atoms with Crippen LogP contribution < -0.4 is 14.8 Å². The zero-order chi connectivity index (χ0) is 19.2. The number of amides is 1. The van der Waals surface area contributed by atoms with Gasteiger partial charge in [-0.25, -0.2) is 4.98 Å². The van der Waals surface area contributed by atoms with E-state index in [9.17, 15) is 4.79 Å². The second-order valence-electron chi connectivity index (χ2n) is 5.56. The Morgan fingerprint density at radius 2 is 2.15 bits per heavy atom. The number of benzene rings is 1. The average molecular weight is 406 g/mol. The minimum absolute atomic E-state index is 0.133. The number of carbonyl (C=O) groups is 1. The number of thioether (sulfide) groups is 1. The van der Waals surface area contributed by atoms with E-state index in [0.29, 0.717) is 21.9 Å². The fourth-order valence-corrected chi connectivity index (χ4v) is 3.57. The van der Waals surface area contributed by atoms with Crippen molar-refractivity contribution in [2.75, 3.05) is 18.2 Å². The fourth-order valence-electron chi connectivity index (χ4n) is 2.13. The second-order valence-corrected chi connectivity index (χ2v) is 7.36. The summed E-state index contributed by atoms with van der Waals surface area (Å²) in [6.07, 6.45) is 0. The normalized spacial score (nSPS) is 10.6. The van der Waals surface area contributed by atoms with Crippen LogP contribution in [0.3, 0.4) is 0 Å². The number of aryl methyl sites for hydroxylation is 1. The number of hydrogen-bond donors (Lipinski definition) is 1. The molecule has 3 rings (SSSR count). The minimum Gasteiger partial charge on any atom is -0.497 e. The van der Waals surface area contributed by atoms with Crippen LogP contribution in [0.5, 0.6) is 11.5 Å². The standard InChI is InChI=1S/C17H19N5O3S2/c1-11-9-26-16(18-11)19-15(23)10-27-17-21-20-14(22(17)2)8-25-13-6-4-5-12(7-13)24-3/h4-7,9H,8,10H2,1-3H3,(H,18,19,23). The molecule has 0 atom stereocenters. The zero-order valence-corrected chi connectivity index (χ0v) is 16.8. The van der Waals surface area contributed by atoms with E-state index in [0.717, 1.165) is 11.4 Å². The molecule has 2 aromatic heterocycles. The molecule has 0 saturated carbocycles. The number of anilines is 1. The number of carbonyl (C=O) groups excluding carboxylic acids is 1. The number of nitrogens with one attached hydrogen (secondary N) is 1. The van der Waals surface area contributed by atoms with Crippen LogP contribution >= 0.6 is 23.1 Å². The smallest absolute Gasteiger partial charge is 0.236 e. The number of thiazole rings is 1. The Balaban J connectivity index is 1.52. The number of rotatable bonds is 8. The monoisotopic (exact) mass is 405 g/mol. The third kappa shape index (κ3) is 5.20. The van der Waals surface area contributed by atoms with E-state index >= 15 is 0 Å². The second kappa shape index (κ2) is 8.87. The topological polar surface area (TPSA) is 91.2 Å². The molecule has 0 fully saturated rings.